The number of anilines is 1. The Balaban J connectivity index is 1.74. The molecule has 1 aliphatic heterocycles. The maximum absolute atomic E-state index is 12.5. The summed E-state index contributed by atoms with van der Waals surface area (Å²) in [4.78, 5) is 12.6. The monoisotopic (exact) mass is 534 g/mol. The van der Waals surface area contributed by atoms with E-state index in [1.807, 2.05) is 6.07 Å². The van der Waals surface area contributed by atoms with E-state index in [9.17, 15) is 13.2 Å². The fourth-order valence-corrected chi connectivity index (χ4v) is 4.91. The lowest BCUT2D eigenvalue weighted by molar-refractivity contribution is 0.102. The summed E-state index contributed by atoms with van der Waals surface area (Å²) in [5.74, 6) is -0.236. The van der Waals surface area contributed by atoms with Gasteiger partial charge in [-0.25, -0.2) is 8.42 Å². The second-order valence-corrected chi connectivity index (χ2v) is 9.67. The van der Waals surface area contributed by atoms with Crippen LogP contribution in [-0.2, 0) is 10.0 Å². The lowest BCUT2D eigenvalue weighted by Crippen LogP contribution is -2.27. The van der Waals surface area contributed by atoms with Crippen molar-refractivity contribution in [3.63, 3.8) is 0 Å². The predicted octanol–water partition coefficient (Wildman–Crippen LogP) is 4.09. The van der Waals surface area contributed by atoms with Crippen molar-refractivity contribution in [2.24, 2.45) is 0 Å². The molecule has 0 radical (unpaired) electrons. The van der Waals surface area contributed by atoms with Crippen molar-refractivity contribution in [1.82, 2.24) is 4.31 Å². The van der Waals surface area contributed by atoms with E-state index in [-0.39, 0.29) is 10.8 Å². The first kappa shape index (κ1) is 18.8. The third-order valence-corrected chi connectivity index (χ3v) is 8.23. The number of hydrogen-bond donors (Lipinski definition) is 1. The standard InChI is InChI=1S/C17H16BrIN2O3S/c18-15-8-3-12(11-16(15)19)17(22)20-13-4-6-14(7-5-13)25(23,24)21-9-1-2-10-21/h3-8,11H,1-2,9-10H2,(H,20,22). The highest BCUT2D eigenvalue weighted by molar-refractivity contribution is 14.1. The number of sulfonamides is 1. The van der Waals surface area contributed by atoms with E-state index in [1.165, 1.54) is 16.4 Å². The third kappa shape index (κ3) is 4.24. The zero-order valence-electron chi connectivity index (χ0n) is 13.2. The first-order chi connectivity index (χ1) is 11.9. The molecule has 1 amide bonds. The van der Waals surface area contributed by atoms with E-state index in [1.54, 1.807) is 24.3 Å². The maximum atomic E-state index is 12.5. The molecule has 0 aliphatic carbocycles. The molecule has 1 fully saturated rings. The number of halogens is 2. The fourth-order valence-electron chi connectivity index (χ4n) is 2.63. The maximum Gasteiger partial charge on any atom is 0.255 e. The third-order valence-electron chi connectivity index (χ3n) is 4.00. The molecule has 1 saturated heterocycles. The van der Waals surface area contributed by atoms with Gasteiger partial charge in [0, 0.05) is 32.4 Å². The summed E-state index contributed by atoms with van der Waals surface area (Å²) in [6.45, 7) is 1.14. The number of carbonyl (C=O) groups excluding carboxylic acids is 1. The molecule has 132 valence electrons. The molecule has 3 rings (SSSR count). The van der Waals surface area contributed by atoms with Crippen molar-refractivity contribution in [2.45, 2.75) is 17.7 Å². The van der Waals surface area contributed by atoms with Crippen LogP contribution in [-0.4, -0.2) is 31.7 Å². The predicted molar refractivity (Wildman–Crippen MR) is 109 cm³/mol. The second-order valence-electron chi connectivity index (χ2n) is 5.72. The number of hydrogen-bond acceptors (Lipinski definition) is 3. The minimum Gasteiger partial charge on any atom is -0.322 e. The SMILES string of the molecule is O=C(Nc1ccc(S(=O)(=O)N2CCCC2)cc1)c1ccc(Br)c(I)c1. The van der Waals surface area contributed by atoms with Crippen molar-refractivity contribution in [3.05, 3.63) is 56.1 Å². The number of carbonyl (C=O) groups is 1. The van der Waals surface area contributed by atoms with E-state index < -0.39 is 10.0 Å². The van der Waals surface area contributed by atoms with Crippen molar-refractivity contribution in [1.29, 1.82) is 0 Å². The molecule has 0 spiro atoms. The molecule has 5 nitrogen and oxygen atoms in total. The molecule has 1 heterocycles. The highest BCUT2D eigenvalue weighted by atomic mass is 127. The van der Waals surface area contributed by atoms with Crippen LogP contribution in [0.25, 0.3) is 0 Å². The van der Waals surface area contributed by atoms with Gasteiger partial charge in [-0.2, -0.15) is 4.31 Å². The number of nitrogens with one attached hydrogen (secondary N) is 1. The van der Waals surface area contributed by atoms with Crippen LogP contribution in [0, 0.1) is 3.57 Å². The van der Waals surface area contributed by atoms with Gasteiger partial charge in [-0.15, -0.1) is 0 Å². The van der Waals surface area contributed by atoms with Crippen molar-refractivity contribution in [2.75, 3.05) is 18.4 Å². The topological polar surface area (TPSA) is 66.5 Å². The highest BCUT2D eigenvalue weighted by Crippen LogP contribution is 2.23. The van der Waals surface area contributed by atoms with Gasteiger partial charge in [0.1, 0.15) is 0 Å². The summed E-state index contributed by atoms with van der Waals surface area (Å²) in [7, 11) is -3.43. The van der Waals surface area contributed by atoms with Gasteiger partial charge >= 0.3 is 0 Å². The number of nitrogens with zero attached hydrogens (tertiary/aromatic N) is 1. The van der Waals surface area contributed by atoms with Gasteiger partial charge in [-0.05, 0) is 93.8 Å². The number of rotatable bonds is 4. The van der Waals surface area contributed by atoms with Crippen molar-refractivity contribution >= 4 is 60.1 Å². The largest absolute Gasteiger partial charge is 0.322 e. The first-order valence-electron chi connectivity index (χ1n) is 7.74. The van der Waals surface area contributed by atoms with Gasteiger partial charge in [-0.1, -0.05) is 0 Å². The minimum atomic E-state index is -3.43. The van der Waals surface area contributed by atoms with Gasteiger partial charge in [0.05, 0.1) is 4.90 Å². The van der Waals surface area contributed by atoms with Crippen LogP contribution in [0.2, 0.25) is 0 Å². The summed E-state index contributed by atoms with van der Waals surface area (Å²) in [5.41, 5.74) is 1.10. The first-order valence-corrected chi connectivity index (χ1v) is 11.1. The molecule has 0 atom stereocenters. The van der Waals surface area contributed by atoms with E-state index >= 15 is 0 Å². The molecule has 0 saturated carbocycles. The average molecular weight is 535 g/mol. The Bertz CT molecular complexity index is 895. The smallest absolute Gasteiger partial charge is 0.255 e. The normalized spacial score (nSPS) is 15.3. The summed E-state index contributed by atoms with van der Waals surface area (Å²) < 4.78 is 28.4. The molecule has 2 aromatic carbocycles. The van der Waals surface area contributed by atoms with Gasteiger partial charge in [0.2, 0.25) is 10.0 Å². The molecule has 1 aliphatic rings. The van der Waals surface area contributed by atoms with Crippen LogP contribution in [0.1, 0.15) is 23.2 Å². The summed E-state index contributed by atoms with van der Waals surface area (Å²) >= 11 is 5.55. The quantitative estimate of drug-likeness (QED) is 0.601. The average Bonchev–Trinajstić information content (AvgIpc) is 3.13. The summed E-state index contributed by atoms with van der Waals surface area (Å²) in [6, 6.07) is 11.6. The van der Waals surface area contributed by atoms with Crippen LogP contribution in [0.5, 0.6) is 0 Å². The van der Waals surface area contributed by atoms with Crippen LogP contribution >= 0.6 is 38.5 Å². The molecule has 8 heteroatoms. The van der Waals surface area contributed by atoms with Crippen molar-refractivity contribution < 1.29 is 13.2 Å². The van der Waals surface area contributed by atoms with Gasteiger partial charge in [0.15, 0.2) is 0 Å². The zero-order chi connectivity index (χ0) is 18.0. The molecule has 1 N–H and O–H groups in total. The Kier molecular flexibility index (Phi) is 5.81. The number of benzene rings is 2. The van der Waals surface area contributed by atoms with Crippen LogP contribution in [0.4, 0.5) is 5.69 Å². The molecule has 2 aromatic rings. The Morgan fingerprint density at radius 2 is 1.72 bits per heavy atom. The Labute approximate surface area is 169 Å². The Hall–Kier alpha value is -0.970. The molecular formula is C17H16BrIN2O3S. The van der Waals surface area contributed by atoms with Crippen LogP contribution in [0.15, 0.2) is 51.8 Å². The molecule has 0 bridgehead atoms. The molecular weight excluding hydrogens is 519 g/mol. The van der Waals surface area contributed by atoms with Gasteiger partial charge in [0.25, 0.3) is 5.91 Å². The van der Waals surface area contributed by atoms with Gasteiger partial charge < -0.3 is 5.32 Å². The summed E-state index contributed by atoms with van der Waals surface area (Å²) in [6.07, 6.45) is 1.80. The fraction of sp³-hybridized carbons (Fsp3) is 0.235. The highest BCUT2D eigenvalue weighted by Gasteiger charge is 2.26. The second kappa shape index (κ2) is 7.73. The summed E-state index contributed by atoms with van der Waals surface area (Å²) in [5, 5.41) is 2.79. The number of amides is 1. The van der Waals surface area contributed by atoms with E-state index in [0.29, 0.717) is 24.3 Å². The minimum absolute atomic E-state index is 0.236. The molecule has 25 heavy (non-hydrogen) atoms. The van der Waals surface area contributed by atoms with Gasteiger partial charge in [-0.3, -0.25) is 4.79 Å². The van der Waals surface area contributed by atoms with Crippen LogP contribution in [0.3, 0.4) is 0 Å². The molecule has 0 aromatic heterocycles. The van der Waals surface area contributed by atoms with E-state index in [2.05, 4.69) is 43.8 Å². The van der Waals surface area contributed by atoms with E-state index in [4.69, 9.17) is 0 Å². The molecule has 0 unspecified atom stereocenters. The lowest BCUT2D eigenvalue weighted by atomic mass is 10.2. The Morgan fingerprint density at radius 3 is 2.32 bits per heavy atom. The van der Waals surface area contributed by atoms with E-state index in [0.717, 1.165) is 20.9 Å². The lowest BCUT2D eigenvalue weighted by Gasteiger charge is -2.15. The zero-order valence-corrected chi connectivity index (χ0v) is 17.8. The Morgan fingerprint density at radius 1 is 1.08 bits per heavy atom. The van der Waals surface area contributed by atoms with Crippen molar-refractivity contribution in [3.8, 4) is 0 Å². The van der Waals surface area contributed by atoms with Crippen LogP contribution < -0.4 is 5.32 Å².